The third-order valence-corrected chi connectivity index (χ3v) is 3.03. The highest BCUT2D eigenvalue weighted by Crippen LogP contribution is 2.17. The molecule has 2 N–H and O–H groups in total. The van der Waals surface area contributed by atoms with E-state index < -0.39 is 10.9 Å². The van der Waals surface area contributed by atoms with Gasteiger partial charge >= 0.3 is 5.97 Å². The summed E-state index contributed by atoms with van der Waals surface area (Å²) in [5, 5.41) is 22.8. The zero-order valence-corrected chi connectivity index (χ0v) is 11.2. The molecule has 108 valence electrons. The highest BCUT2D eigenvalue weighted by Gasteiger charge is 2.09. The smallest absolute Gasteiger partial charge is 0.335 e. The summed E-state index contributed by atoms with van der Waals surface area (Å²) in [6.45, 7) is 0.492. The second-order valence-corrected chi connectivity index (χ2v) is 4.45. The summed E-state index contributed by atoms with van der Waals surface area (Å²) < 4.78 is 0. The van der Waals surface area contributed by atoms with Crippen LogP contribution in [0.2, 0.25) is 0 Å². The quantitative estimate of drug-likeness (QED) is 0.629. The van der Waals surface area contributed by atoms with Crippen LogP contribution in [0.1, 0.15) is 15.9 Å². The molecule has 2 rings (SSSR count). The van der Waals surface area contributed by atoms with Crippen molar-refractivity contribution >= 4 is 17.3 Å². The van der Waals surface area contributed by atoms with Crippen LogP contribution >= 0.6 is 0 Å². The summed E-state index contributed by atoms with van der Waals surface area (Å²) in [6, 6.07) is 13.0. The van der Waals surface area contributed by atoms with Crippen molar-refractivity contribution in [3.8, 4) is 0 Å². The molecule has 21 heavy (non-hydrogen) atoms. The zero-order chi connectivity index (χ0) is 15.2. The third-order valence-electron chi connectivity index (χ3n) is 3.03. The Morgan fingerprint density at radius 3 is 2.67 bits per heavy atom. The van der Waals surface area contributed by atoms with Crippen molar-refractivity contribution in [2.24, 2.45) is 0 Å². The van der Waals surface area contributed by atoms with Crippen molar-refractivity contribution in [3.63, 3.8) is 0 Å². The van der Waals surface area contributed by atoms with Crippen LogP contribution in [0, 0.1) is 10.1 Å². The standard InChI is InChI=1S/C15H14N2O4/c18-15(19)14-7-2-1-4-11(14)8-9-16-12-5-3-6-13(10-12)17(20)21/h1-7,10,16H,8-9H2,(H,18,19). The Bertz CT molecular complexity index is 670. The fourth-order valence-electron chi connectivity index (χ4n) is 2.02. The van der Waals surface area contributed by atoms with Crippen LogP contribution in [0.15, 0.2) is 48.5 Å². The van der Waals surface area contributed by atoms with E-state index in [-0.39, 0.29) is 11.3 Å². The molecule has 0 fully saturated rings. The van der Waals surface area contributed by atoms with E-state index in [4.69, 9.17) is 5.11 Å². The first-order valence-corrected chi connectivity index (χ1v) is 6.37. The van der Waals surface area contributed by atoms with Crippen molar-refractivity contribution in [3.05, 3.63) is 69.8 Å². The van der Waals surface area contributed by atoms with Gasteiger partial charge in [0.05, 0.1) is 10.5 Å². The Hall–Kier alpha value is -2.89. The Morgan fingerprint density at radius 2 is 1.95 bits per heavy atom. The molecule has 0 radical (unpaired) electrons. The second-order valence-electron chi connectivity index (χ2n) is 4.45. The molecule has 0 spiro atoms. The van der Waals surface area contributed by atoms with Crippen LogP contribution in [0.3, 0.4) is 0 Å². The minimum absolute atomic E-state index is 0.0194. The van der Waals surface area contributed by atoms with Gasteiger partial charge in [-0.2, -0.15) is 0 Å². The van der Waals surface area contributed by atoms with Gasteiger partial charge in [0.25, 0.3) is 5.69 Å². The van der Waals surface area contributed by atoms with Crippen LogP contribution in [0.25, 0.3) is 0 Å². The zero-order valence-electron chi connectivity index (χ0n) is 11.2. The molecule has 0 saturated heterocycles. The number of carboxylic acid groups (broad SMARTS) is 1. The number of benzene rings is 2. The molecule has 0 bridgehead atoms. The van der Waals surface area contributed by atoms with E-state index in [1.165, 1.54) is 12.1 Å². The number of nitro benzene ring substituents is 1. The summed E-state index contributed by atoms with van der Waals surface area (Å²) in [5.74, 6) is -0.957. The summed E-state index contributed by atoms with van der Waals surface area (Å²) in [5.41, 5.74) is 1.66. The molecule has 2 aromatic carbocycles. The normalized spacial score (nSPS) is 10.1. The van der Waals surface area contributed by atoms with Crippen LogP contribution in [-0.2, 0) is 6.42 Å². The van der Waals surface area contributed by atoms with Gasteiger partial charge in [0, 0.05) is 24.4 Å². The van der Waals surface area contributed by atoms with Gasteiger partial charge in [-0.05, 0) is 24.1 Å². The lowest BCUT2D eigenvalue weighted by atomic mass is 10.0. The number of nitrogens with zero attached hydrogens (tertiary/aromatic N) is 1. The second kappa shape index (κ2) is 6.51. The van der Waals surface area contributed by atoms with E-state index >= 15 is 0 Å². The van der Waals surface area contributed by atoms with Gasteiger partial charge in [-0.25, -0.2) is 4.79 Å². The molecule has 6 nitrogen and oxygen atoms in total. The van der Waals surface area contributed by atoms with E-state index in [9.17, 15) is 14.9 Å². The molecule has 0 heterocycles. The van der Waals surface area contributed by atoms with Gasteiger partial charge in [-0.1, -0.05) is 24.3 Å². The topological polar surface area (TPSA) is 92.5 Å². The number of aromatic carboxylic acids is 1. The lowest BCUT2D eigenvalue weighted by molar-refractivity contribution is -0.384. The number of hydrogen-bond donors (Lipinski definition) is 2. The number of rotatable bonds is 6. The van der Waals surface area contributed by atoms with E-state index in [2.05, 4.69) is 5.32 Å². The van der Waals surface area contributed by atoms with Gasteiger partial charge in [0.1, 0.15) is 0 Å². The van der Waals surface area contributed by atoms with Crippen molar-refractivity contribution in [1.29, 1.82) is 0 Å². The van der Waals surface area contributed by atoms with Crippen LogP contribution in [0.4, 0.5) is 11.4 Å². The molecule has 2 aromatic rings. The Morgan fingerprint density at radius 1 is 1.19 bits per heavy atom. The summed E-state index contributed by atoms with van der Waals surface area (Å²) in [6.07, 6.45) is 0.519. The molecular formula is C15H14N2O4. The van der Waals surface area contributed by atoms with E-state index in [1.807, 2.05) is 0 Å². The van der Waals surface area contributed by atoms with Gasteiger partial charge in [0.2, 0.25) is 0 Å². The van der Waals surface area contributed by atoms with Crippen molar-refractivity contribution in [2.75, 3.05) is 11.9 Å². The first kappa shape index (κ1) is 14.5. The molecule has 0 aliphatic heterocycles. The predicted octanol–water partition coefficient (Wildman–Crippen LogP) is 2.95. The number of carboxylic acids is 1. The highest BCUT2D eigenvalue weighted by atomic mass is 16.6. The molecule has 0 amide bonds. The van der Waals surface area contributed by atoms with Crippen LogP contribution < -0.4 is 5.32 Å². The number of non-ortho nitro benzene ring substituents is 1. The lowest BCUT2D eigenvalue weighted by Gasteiger charge is -2.08. The first-order chi connectivity index (χ1) is 10.1. The fourth-order valence-corrected chi connectivity index (χ4v) is 2.02. The Kier molecular flexibility index (Phi) is 4.50. The third kappa shape index (κ3) is 3.79. The molecule has 6 heteroatoms. The maximum absolute atomic E-state index is 11.1. The molecule has 0 saturated carbocycles. The van der Waals surface area contributed by atoms with Gasteiger partial charge in [-0.3, -0.25) is 10.1 Å². The van der Waals surface area contributed by atoms with E-state index in [1.54, 1.807) is 36.4 Å². The largest absolute Gasteiger partial charge is 0.478 e. The maximum Gasteiger partial charge on any atom is 0.335 e. The van der Waals surface area contributed by atoms with Crippen molar-refractivity contribution in [2.45, 2.75) is 6.42 Å². The Labute approximate surface area is 121 Å². The molecule has 0 aliphatic rings. The van der Waals surface area contributed by atoms with Crippen molar-refractivity contribution < 1.29 is 14.8 Å². The summed E-state index contributed by atoms with van der Waals surface area (Å²) >= 11 is 0. The number of anilines is 1. The minimum atomic E-state index is -0.957. The van der Waals surface area contributed by atoms with Gasteiger partial charge in [0.15, 0.2) is 0 Å². The van der Waals surface area contributed by atoms with E-state index in [0.717, 1.165) is 5.56 Å². The average molecular weight is 286 g/mol. The molecule has 0 aromatic heterocycles. The first-order valence-electron chi connectivity index (χ1n) is 6.37. The molecule has 0 atom stereocenters. The monoisotopic (exact) mass is 286 g/mol. The average Bonchev–Trinajstić information content (AvgIpc) is 2.48. The van der Waals surface area contributed by atoms with Crippen LogP contribution in [0.5, 0.6) is 0 Å². The molecular weight excluding hydrogens is 272 g/mol. The fraction of sp³-hybridized carbons (Fsp3) is 0.133. The lowest BCUT2D eigenvalue weighted by Crippen LogP contribution is -2.09. The summed E-state index contributed by atoms with van der Waals surface area (Å²) in [4.78, 5) is 21.3. The minimum Gasteiger partial charge on any atom is -0.478 e. The van der Waals surface area contributed by atoms with Gasteiger partial charge < -0.3 is 10.4 Å². The molecule has 0 aliphatic carbocycles. The molecule has 0 unspecified atom stereocenters. The number of nitro groups is 1. The van der Waals surface area contributed by atoms with Crippen LogP contribution in [-0.4, -0.2) is 22.5 Å². The summed E-state index contributed by atoms with van der Waals surface area (Å²) in [7, 11) is 0. The van der Waals surface area contributed by atoms with Crippen molar-refractivity contribution in [1.82, 2.24) is 0 Å². The predicted molar refractivity (Wildman–Crippen MR) is 78.7 cm³/mol. The number of carbonyl (C=O) groups is 1. The number of hydrogen-bond acceptors (Lipinski definition) is 4. The number of nitrogens with one attached hydrogen (secondary N) is 1. The van der Waals surface area contributed by atoms with Gasteiger partial charge in [-0.15, -0.1) is 0 Å². The Balaban J connectivity index is 2.00. The SMILES string of the molecule is O=C(O)c1ccccc1CCNc1cccc([N+](=O)[O-])c1. The van der Waals surface area contributed by atoms with E-state index in [0.29, 0.717) is 18.7 Å². The maximum atomic E-state index is 11.1. The highest BCUT2D eigenvalue weighted by molar-refractivity contribution is 5.89.